The predicted molar refractivity (Wildman–Crippen MR) is 116 cm³/mol. The molecule has 1 atom stereocenters. The zero-order valence-corrected chi connectivity index (χ0v) is 20.4. The Morgan fingerprint density at radius 2 is 1.88 bits per heavy atom. The number of rotatable bonds is 7. The van der Waals surface area contributed by atoms with Gasteiger partial charge in [-0.1, -0.05) is 6.08 Å². The van der Waals surface area contributed by atoms with E-state index in [4.69, 9.17) is 8.57 Å². The average molecular weight is 590 g/mol. The van der Waals surface area contributed by atoms with Crippen LogP contribution < -0.4 is 16.2 Å². The number of hydrogen-bond acceptors (Lipinski definition) is 6. The minimum absolute atomic E-state index is 0.242. The van der Waals surface area contributed by atoms with Crippen LogP contribution in [0.2, 0.25) is 0 Å². The lowest BCUT2D eigenvalue weighted by Gasteiger charge is -2.21. The van der Waals surface area contributed by atoms with Gasteiger partial charge in [0.25, 0.3) is 11.8 Å². The number of nitrogens with one attached hydrogen (secondary N) is 3. The molecule has 9 nitrogen and oxygen atoms in total. The summed E-state index contributed by atoms with van der Waals surface area (Å²) in [7, 11) is 0. The molecule has 0 saturated carbocycles. The fourth-order valence-corrected chi connectivity index (χ4v) is 2.99. The predicted octanol–water partition coefficient (Wildman–Crippen LogP) is 4.63. The Labute approximate surface area is 199 Å². The van der Waals surface area contributed by atoms with Crippen LogP contribution in [0.5, 0.6) is 0 Å². The minimum atomic E-state index is -4.83. The van der Waals surface area contributed by atoms with Crippen molar-refractivity contribution in [2.45, 2.75) is 51.5 Å². The standard InChI is InChI=1S/C18H21Br2F3N4O5/c1-5-6-7-11(32-20)14(28)26-27-15(29)12-10(24-16(30)31-17(2,3)4)8-9(13(19)25-12)18(21,22)23/h5,8,11H,1,6-7H2,2-4H3,(H,24,30)(H,26,28)(H,27,29). The van der Waals surface area contributed by atoms with Gasteiger partial charge in [0.2, 0.25) is 0 Å². The second-order valence-corrected chi connectivity index (χ2v) is 8.36. The fourth-order valence-electron chi connectivity index (χ4n) is 2.11. The molecule has 0 aliphatic rings. The second-order valence-electron chi connectivity index (χ2n) is 7.23. The molecule has 3 amide bonds. The van der Waals surface area contributed by atoms with Crippen LogP contribution in [0.4, 0.5) is 23.7 Å². The number of alkyl halides is 3. The average Bonchev–Trinajstić information content (AvgIpc) is 2.65. The van der Waals surface area contributed by atoms with Gasteiger partial charge < -0.3 is 4.74 Å². The van der Waals surface area contributed by atoms with E-state index in [1.807, 2.05) is 5.43 Å². The molecule has 1 heterocycles. The summed E-state index contributed by atoms with van der Waals surface area (Å²) in [5, 5.41) is 2.08. The van der Waals surface area contributed by atoms with Gasteiger partial charge in [-0.3, -0.25) is 29.6 Å². The molecule has 0 aliphatic heterocycles. The third-order valence-electron chi connectivity index (χ3n) is 3.46. The largest absolute Gasteiger partial charge is 0.444 e. The molecule has 178 valence electrons. The summed E-state index contributed by atoms with van der Waals surface area (Å²) in [6.45, 7) is 8.16. The molecule has 0 radical (unpaired) electrons. The lowest BCUT2D eigenvalue weighted by atomic mass is 10.2. The van der Waals surface area contributed by atoms with Crippen LogP contribution in [0.15, 0.2) is 23.3 Å². The maximum absolute atomic E-state index is 13.3. The lowest BCUT2D eigenvalue weighted by molar-refractivity contribution is -0.138. The van der Waals surface area contributed by atoms with E-state index in [-0.39, 0.29) is 6.42 Å². The Morgan fingerprint density at radius 3 is 2.38 bits per heavy atom. The molecule has 0 bridgehead atoms. The topological polar surface area (TPSA) is 119 Å². The molecule has 32 heavy (non-hydrogen) atoms. The third kappa shape index (κ3) is 8.74. The quantitative estimate of drug-likeness (QED) is 0.242. The fraction of sp³-hybridized carbons (Fsp3) is 0.444. The zero-order valence-electron chi connectivity index (χ0n) is 17.2. The first-order valence-electron chi connectivity index (χ1n) is 8.95. The van der Waals surface area contributed by atoms with E-state index < -0.39 is 57.3 Å². The highest BCUT2D eigenvalue weighted by Gasteiger charge is 2.36. The third-order valence-corrected chi connectivity index (χ3v) is 4.52. The number of allylic oxidation sites excluding steroid dienone is 1. The number of hydrazine groups is 1. The summed E-state index contributed by atoms with van der Waals surface area (Å²) in [6.07, 6.45) is -4.68. The van der Waals surface area contributed by atoms with Crippen molar-refractivity contribution in [3.8, 4) is 0 Å². The molecule has 0 saturated heterocycles. The number of aromatic nitrogens is 1. The number of carbonyl (C=O) groups excluding carboxylic acids is 3. The Kier molecular flexibility index (Phi) is 10.1. The summed E-state index contributed by atoms with van der Waals surface area (Å²) in [4.78, 5) is 40.3. The number of anilines is 1. The number of carbonyl (C=O) groups is 3. The molecular formula is C18H21Br2F3N4O5. The number of hydrogen-bond donors (Lipinski definition) is 3. The smallest absolute Gasteiger partial charge is 0.419 e. The summed E-state index contributed by atoms with van der Waals surface area (Å²) < 4.78 is 48.9. The molecule has 3 N–H and O–H groups in total. The van der Waals surface area contributed by atoms with Crippen molar-refractivity contribution in [3.63, 3.8) is 0 Å². The van der Waals surface area contributed by atoms with E-state index >= 15 is 0 Å². The van der Waals surface area contributed by atoms with Gasteiger partial charge in [0, 0.05) is 0 Å². The summed E-state index contributed by atoms with van der Waals surface area (Å²) >= 11 is 5.37. The summed E-state index contributed by atoms with van der Waals surface area (Å²) in [5.74, 6) is -1.85. The van der Waals surface area contributed by atoms with Gasteiger partial charge in [-0.2, -0.15) is 13.2 Å². The molecule has 0 aromatic carbocycles. The van der Waals surface area contributed by atoms with Crippen LogP contribution in [0, 0.1) is 0 Å². The number of ether oxygens (including phenoxy) is 1. The molecule has 1 rings (SSSR count). The van der Waals surface area contributed by atoms with Crippen molar-refractivity contribution < 1.29 is 36.1 Å². The molecule has 1 aromatic heterocycles. The molecule has 1 aromatic rings. The van der Waals surface area contributed by atoms with E-state index in [1.165, 1.54) is 0 Å². The first-order valence-corrected chi connectivity index (χ1v) is 10.4. The Hall–Kier alpha value is -2.19. The van der Waals surface area contributed by atoms with Gasteiger partial charge in [-0.05, 0) is 55.6 Å². The van der Waals surface area contributed by atoms with Crippen LogP contribution in [-0.2, 0) is 19.5 Å². The van der Waals surface area contributed by atoms with Gasteiger partial charge in [-0.15, -0.1) is 6.58 Å². The summed E-state index contributed by atoms with van der Waals surface area (Å²) in [5.41, 5.74) is 0.709. The molecule has 0 spiro atoms. The first-order chi connectivity index (χ1) is 14.7. The van der Waals surface area contributed by atoms with Gasteiger partial charge >= 0.3 is 12.3 Å². The van der Waals surface area contributed by atoms with Crippen molar-refractivity contribution in [2.75, 3.05) is 5.32 Å². The van der Waals surface area contributed by atoms with Crippen molar-refractivity contribution in [3.05, 3.63) is 34.6 Å². The maximum atomic E-state index is 13.3. The highest BCUT2D eigenvalue weighted by Crippen LogP contribution is 2.36. The normalized spacial score (nSPS) is 12.5. The van der Waals surface area contributed by atoms with Crippen molar-refractivity contribution in [1.29, 1.82) is 0 Å². The van der Waals surface area contributed by atoms with E-state index in [0.717, 1.165) is 0 Å². The van der Waals surface area contributed by atoms with Crippen molar-refractivity contribution >= 4 is 55.8 Å². The van der Waals surface area contributed by atoms with Gasteiger partial charge in [0.15, 0.2) is 11.8 Å². The Bertz CT molecular complexity index is 875. The van der Waals surface area contributed by atoms with Gasteiger partial charge in [0.1, 0.15) is 10.2 Å². The molecule has 14 heteroatoms. The van der Waals surface area contributed by atoms with Crippen molar-refractivity contribution in [2.24, 2.45) is 0 Å². The monoisotopic (exact) mass is 588 g/mol. The van der Waals surface area contributed by atoms with Gasteiger partial charge in [-0.25, -0.2) is 9.78 Å². The number of pyridine rings is 1. The van der Waals surface area contributed by atoms with E-state index in [1.54, 1.807) is 26.8 Å². The van der Waals surface area contributed by atoms with Crippen LogP contribution in [0.25, 0.3) is 0 Å². The first kappa shape index (κ1) is 27.8. The van der Waals surface area contributed by atoms with Gasteiger partial charge in [0.05, 0.1) is 27.5 Å². The minimum Gasteiger partial charge on any atom is -0.444 e. The SMILES string of the molecule is C=CCCC(OBr)C(=O)NNC(=O)c1nc(Br)c(C(F)(F)F)cc1NC(=O)OC(C)(C)C. The van der Waals surface area contributed by atoms with Crippen LogP contribution >= 0.6 is 32.2 Å². The van der Waals surface area contributed by atoms with Crippen LogP contribution in [-0.4, -0.2) is 34.6 Å². The Morgan fingerprint density at radius 1 is 1.25 bits per heavy atom. The maximum Gasteiger partial charge on any atom is 0.419 e. The molecular weight excluding hydrogens is 569 g/mol. The number of amides is 3. The van der Waals surface area contributed by atoms with Crippen molar-refractivity contribution in [1.82, 2.24) is 15.8 Å². The Balaban J connectivity index is 3.16. The van der Waals surface area contributed by atoms with Crippen LogP contribution in [0.3, 0.4) is 0 Å². The molecule has 1 unspecified atom stereocenters. The van der Waals surface area contributed by atoms with E-state index in [0.29, 0.717) is 12.5 Å². The zero-order chi connectivity index (χ0) is 24.7. The summed E-state index contributed by atoms with van der Waals surface area (Å²) in [6, 6.07) is 0.520. The number of nitrogens with zero attached hydrogens (tertiary/aromatic N) is 1. The van der Waals surface area contributed by atoms with Crippen LogP contribution in [0.1, 0.15) is 49.7 Å². The number of halogens is 5. The second kappa shape index (κ2) is 11.6. The molecule has 0 aliphatic carbocycles. The lowest BCUT2D eigenvalue weighted by Crippen LogP contribution is -2.47. The highest BCUT2D eigenvalue weighted by molar-refractivity contribution is 9.10. The highest BCUT2D eigenvalue weighted by atomic mass is 79.9. The van der Waals surface area contributed by atoms with E-state index in [9.17, 15) is 27.6 Å². The van der Waals surface area contributed by atoms with E-state index in [2.05, 4.69) is 54.5 Å². The molecule has 0 fully saturated rings.